The number of esters is 1. The highest BCUT2D eigenvalue weighted by atomic mass is 31.2. The fraction of sp³-hybridized carbons (Fsp3) is 0.522. The highest BCUT2D eigenvalue weighted by Crippen LogP contribution is 2.40. The summed E-state index contributed by atoms with van der Waals surface area (Å²) in [5.74, 6) is -1.24. The minimum atomic E-state index is -4.80. The Balaban J connectivity index is 2.66. The molecule has 0 saturated heterocycles. The first-order valence-corrected chi connectivity index (χ1v) is 12.3. The maximum atomic E-state index is 11.4. The molecule has 0 bridgehead atoms. The van der Waals surface area contributed by atoms with E-state index in [2.05, 4.69) is 13.0 Å². The van der Waals surface area contributed by atoms with Gasteiger partial charge in [-0.25, -0.2) is 9.36 Å². The molecule has 1 aliphatic rings. The Hall–Kier alpha value is -1.80. The zero-order valence-corrected chi connectivity index (χ0v) is 19.5. The maximum Gasteiger partial charge on any atom is 0.469 e. The number of unbranched alkanes of at least 4 members (excludes halogenated alkanes) is 3. The topological polar surface area (TPSA) is 134 Å². The van der Waals surface area contributed by atoms with E-state index < -0.39 is 44.1 Å². The van der Waals surface area contributed by atoms with Crippen LogP contribution in [0.2, 0.25) is 0 Å². The molecule has 0 aromatic carbocycles. The van der Waals surface area contributed by atoms with Gasteiger partial charge in [0.1, 0.15) is 12.2 Å². The number of phosphoric acid groups is 1. The first kappa shape index (κ1) is 28.2. The summed E-state index contributed by atoms with van der Waals surface area (Å²) in [6.07, 6.45) is 16.8. The fourth-order valence-corrected chi connectivity index (χ4v) is 3.58. The molecule has 0 aliphatic carbocycles. The van der Waals surface area contributed by atoms with E-state index in [9.17, 15) is 29.4 Å². The molecule has 0 radical (unpaired) electrons. The molecule has 180 valence electrons. The molecule has 32 heavy (non-hydrogen) atoms. The lowest BCUT2D eigenvalue weighted by Crippen LogP contribution is -2.32. The molecule has 1 aliphatic heterocycles. The quantitative estimate of drug-likeness (QED) is 0.0997. The predicted octanol–water partition coefficient (Wildman–Crippen LogP) is 3.50. The molecule has 1 rings (SSSR count). The van der Waals surface area contributed by atoms with Crippen molar-refractivity contribution in [1.29, 1.82) is 0 Å². The van der Waals surface area contributed by atoms with Crippen molar-refractivity contribution in [3.8, 4) is 0 Å². The lowest BCUT2D eigenvalue weighted by Gasteiger charge is -2.26. The van der Waals surface area contributed by atoms with E-state index >= 15 is 0 Å². The van der Waals surface area contributed by atoms with Crippen molar-refractivity contribution in [2.45, 2.75) is 70.4 Å². The largest absolute Gasteiger partial charge is 0.469 e. The number of hydrogen-bond acceptors (Lipinski definition) is 6. The van der Waals surface area contributed by atoms with Crippen molar-refractivity contribution in [3.05, 3.63) is 60.8 Å². The van der Waals surface area contributed by atoms with Gasteiger partial charge in [-0.1, -0.05) is 69.2 Å². The Labute approximate surface area is 189 Å². The maximum absolute atomic E-state index is 11.4. The molecular formula is C23H35O8P. The number of hydrogen-bond donors (Lipinski definition) is 4. The Morgan fingerprint density at radius 1 is 1.19 bits per heavy atom. The zero-order valence-electron chi connectivity index (χ0n) is 18.6. The first-order chi connectivity index (χ1) is 15.1. The lowest BCUT2D eigenvalue weighted by atomic mass is 9.95. The van der Waals surface area contributed by atoms with Crippen LogP contribution in [0.15, 0.2) is 60.8 Å². The number of cyclic esters (lactones) is 1. The van der Waals surface area contributed by atoms with Gasteiger partial charge in [0.15, 0.2) is 0 Å². The van der Waals surface area contributed by atoms with Crippen LogP contribution >= 0.6 is 7.82 Å². The number of ether oxygens (including phenoxy) is 1. The third-order valence-corrected chi connectivity index (χ3v) is 5.41. The summed E-state index contributed by atoms with van der Waals surface area (Å²) in [6.45, 7) is 3.76. The number of aliphatic hydroxyl groups excluding tert-OH is 2. The van der Waals surface area contributed by atoms with Gasteiger partial charge in [0.25, 0.3) is 0 Å². The minimum Gasteiger partial charge on any atom is -0.452 e. The van der Waals surface area contributed by atoms with Crippen LogP contribution in [0.4, 0.5) is 0 Å². The molecule has 5 atom stereocenters. The van der Waals surface area contributed by atoms with Crippen molar-refractivity contribution < 1.29 is 38.6 Å². The summed E-state index contributed by atoms with van der Waals surface area (Å²) in [7, 11) is -4.80. The highest BCUT2D eigenvalue weighted by Gasteiger charge is 2.30. The standard InChI is InChI=1S/C23H35O8P/c1-3-4-5-6-7-8-9-10-11-13-19(24)18(2)21(31-32(27,28)29)14-12-15-22-20(25)16-17-23(26)30-22/h7-13,15-22,24-25H,3-6,14H2,1-2H3,(H2,27,28,29)/b8-7+,10-9-,13-11-,15-12+/t18-,19-,20-,21-,22-/m1/s1. The van der Waals surface area contributed by atoms with E-state index in [0.29, 0.717) is 0 Å². The van der Waals surface area contributed by atoms with Gasteiger partial charge in [0, 0.05) is 12.0 Å². The molecule has 0 fully saturated rings. The third-order valence-electron chi connectivity index (χ3n) is 4.86. The first-order valence-electron chi connectivity index (χ1n) is 10.8. The van der Waals surface area contributed by atoms with Crippen molar-refractivity contribution in [2.24, 2.45) is 5.92 Å². The number of carbonyl (C=O) groups is 1. The van der Waals surface area contributed by atoms with Crippen LogP contribution in [0.3, 0.4) is 0 Å². The molecule has 0 spiro atoms. The molecular weight excluding hydrogens is 435 g/mol. The third kappa shape index (κ3) is 12.3. The Morgan fingerprint density at radius 2 is 1.91 bits per heavy atom. The van der Waals surface area contributed by atoms with Crippen molar-refractivity contribution in [1.82, 2.24) is 0 Å². The van der Waals surface area contributed by atoms with Crippen LogP contribution in [0, 0.1) is 5.92 Å². The van der Waals surface area contributed by atoms with Crippen LogP contribution in [-0.4, -0.2) is 50.4 Å². The van der Waals surface area contributed by atoms with E-state index in [4.69, 9.17) is 9.26 Å². The summed E-state index contributed by atoms with van der Waals surface area (Å²) in [5, 5.41) is 20.2. The number of rotatable bonds is 14. The molecule has 8 nitrogen and oxygen atoms in total. The van der Waals surface area contributed by atoms with Crippen LogP contribution < -0.4 is 0 Å². The number of phosphoric ester groups is 1. The van der Waals surface area contributed by atoms with Crippen LogP contribution in [0.25, 0.3) is 0 Å². The minimum absolute atomic E-state index is 0.0258. The lowest BCUT2D eigenvalue weighted by molar-refractivity contribution is -0.146. The van der Waals surface area contributed by atoms with Gasteiger partial charge in [0.05, 0.1) is 12.2 Å². The van der Waals surface area contributed by atoms with Gasteiger partial charge in [-0.3, -0.25) is 4.52 Å². The smallest absolute Gasteiger partial charge is 0.452 e. The summed E-state index contributed by atoms with van der Waals surface area (Å²) in [6, 6.07) is 0. The molecule has 4 N–H and O–H groups in total. The molecule has 0 saturated carbocycles. The van der Waals surface area contributed by atoms with E-state index in [1.54, 1.807) is 19.1 Å². The van der Waals surface area contributed by atoms with Gasteiger partial charge < -0.3 is 24.7 Å². The van der Waals surface area contributed by atoms with Crippen molar-refractivity contribution in [2.75, 3.05) is 0 Å². The van der Waals surface area contributed by atoms with E-state index in [-0.39, 0.29) is 6.42 Å². The highest BCUT2D eigenvalue weighted by molar-refractivity contribution is 7.46. The Kier molecular flexibility index (Phi) is 13.3. The number of carbonyl (C=O) groups excluding carboxylic acids is 1. The normalized spacial score (nSPS) is 22.9. The van der Waals surface area contributed by atoms with Crippen LogP contribution in [-0.2, 0) is 18.6 Å². The van der Waals surface area contributed by atoms with Gasteiger partial charge in [0.2, 0.25) is 0 Å². The zero-order chi connectivity index (χ0) is 24.0. The SMILES string of the molecule is CCCCC/C=C/C=C\C=C/[C@@H](O)[C@@H](C)[C@@H](C/C=C/[C@H]1OC(=O)C=C[C@H]1O)OP(=O)(O)O. The second kappa shape index (κ2) is 15.1. The van der Waals surface area contributed by atoms with Crippen molar-refractivity contribution in [3.63, 3.8) is 0 Å². The number of aliphatic hydroxyl groups is 2. The van der Waals surface area contributed by atoms with E-state index in [0.717, 1.165) is 18.9 Å². The van der Waals surface area contributed by atoms with Crippen LogP contribution in [0.5, 0.6) is 0 Å². The predicted molar refractivity (Wildman–Crippen MR) is 122 cm³/mol. The molecule has 0 amide bonds. The average Bonchev–Trinajstić information content (AvgIpc) is 2.72. The number of allylic oxidation sites excluding steroid dienone is 5. The summed E-state index contributed by atoms with van der Waals surface area (Å²) in [5.41, 5.74) is 0. The molecule has 0 unspecified atom stereocenters. The molecule has 0 aromatic rings. The van der Waals surface area contributed by atoms with E-state index in [1.807, 2.05) is 12.2 Å². The summed E-state index contributed by atoms with van der Waals surface area (Å²) in [4.78, 5) is 29.7. The molecule has 1 heterocycles. The van der Waals surface area contributed by atoms with Gasteiger partial charge in [-0.15, -0.1) is 0 Å². The second-order valence-electron chi connectivity index (χ2n) is 7.59. The summed E-state index contributed by atoms with van der Waals surface area (Å²) >= 11 is 0. The summed E-state index contributed by atoms with van der Waals surface area (Å²) < 4.78 is 21.2. The average molecular weight is 470 g/mol. The van der Waals surface area contributed by atoms with Gasteiger partial charge in [-0.2, -0.15) is 0 Å². The monoisotopic (exact) mass is 470 g/mol. The van der Waals surface area contributed by atoms with E-state index in [1.165, 1.54) is 37.1 Å². The second-order valence-corrected chi connectivity index (χ2v) is 8.78. The Morgan fingerprint density at radius 3 is 2.59 bits per heavy atom. The van der Waals surface area contributed by atoms with Crippen LogP contribution in [0.1, 0.15) is 46.0 Å². The Bertz CT molecular complexity index is 749. The van der Waals surface area contributed by atoms with Gasteiger partial charge in [-0.05, 0) is 31.4 Å². The van der Waals surface area contributed by atoms with Gasteiger partial charge >= 0.3 is 13.8 Å². The fourth-order valence-electron chi connectivity index (χ4n) is 2.95. The molecule has 0 aromatic heterocycles. The molecule has 9 heteroatoms. The van der Waals surface area contributed by atoms with Crippen molar-refractivity contribution >= 4 is 13.8 Å².